The average molecular weight is 189 g/mol. The fraction of sp³-hybridized carbons (Fsp3) is 0.375. The molecule has 5 heteroatoms. The van der Waals surface area contributed by atoms with Crippen molar-refractivity contribution in [3.63, 3.8) is 0 Å². The molecule has 0 atom stereocenters. The number of carboxylic acids is 1. The summed E-state index contributed by atoms with van der Waals surface area (Å²) in [7, 11) is 0. The molecule has 0 fully saturated rings. The minimum absolute atomic E-state index is 0.102. The fourth-order valence-electron chi connectivity index (χ4n) is 0.967. The zero-order valence-electron chi connectivity index (χ0n) is 6.97. The normalized spacial score (nSPS) is 17.2. The number of rotatable bonds is 2. The molecule has 13 heavy (non-hydrogen) atoms. The SMILES string of the molecule is CC(F)(F)C1=CC(C(=O)O)=CCN1. The summed E-state index contributed by atoms with van der Waals surface area (Å²) < 4.78 is 25.4. The number of nitrogens with one attached hydrogen (secondary N) is 1. The molecule has 0 spiro atoms. The molecule has 0 aliphatic carbocycles. The van der Waals surface area contributed by atoms with Crippen molar-refractivity contribution in [2.24, 2.45) is 0 Å². The predicted octanol–water partition coefficient (Wildman–Crippen LogP) is 1.14. The van der Waals surface area contributed by atoms with Gasteiger partial charge in [-0.3, -0.25) is 0 Å². The van der Waals surface area contributed by atoms with E-state index in [1.807, 2.05) is 0 Å². The number of alkyl halides is 2. The van der Waals surface area contributed by atoms with Gasteiger partial charge in [0, 0.05) is 13.5 Å². The number of carbonyl (C=O) groups is 1. The molecule has 1 aliphatic heterocycles. The van der Waals surface area contributed by atoms with Gasteiger partial charge in [-0.2, -0.15) is 0 Å². The van der Waals surface area contributed by atoms with Crippen LogP contribution in [0.2, 0.25) is 0 Å². The van der Waals surface area contributed by atoms with Crippen molar-refractivity contribution < 1.29 is 18.7 Å². The molecule has 3 nitrogen and oxygen atoms in total. The molecule has 0 aromatic rings. The zero-order chi connectivity index (χ0) is 10.1. The van der Waals surface area contributed by atoms with Crippen molar-refractivity contribution in [3.8, 4) is 0 Å². The molecule has 0 aromatic carbocycles. The molecule has 0 saturated heterocycles. The van der Waals surface area contributed by atoms with Crippen LogP contribution in [0, 0.1) is 0 Å². The predicted molar refractivity (Wildman–Crippen MR) is 42.4 cm³/mol. The highest BCUT2D eigenvalue weighted by Crippen LogP contribution is 2.23. The largest absolute Gasteiger partial charge is 0.478 e. The van der Waals surface area contributed by atoms with Crippen molar-refractivity contribution >= 4 is 5.97 Å². The van der Waals surface area contributed by atoms with Crippen LogP contribution in [0.15, 0.2) is 23.4 Å². The van der Waals surface area contributed by atoms with E-state index in [2.05, 4.69) is 5.32 Å². The molecular weight excluding hydrogens is 180 g/mol. The maximum absolute atomic E-state index is 12.7. The van der Waals surface area contributed by atoms with E-state index in [1.54, 1.807) is 0 Å². The summed E-state index contributed by atoms with van der Waals surface area (Å²) in [5.41, 5.74) is -0.456. The topological polar surface area (TPSA) is 49.3 Å². The quantitative estimate of drug-likeness (QED) is 0.684. The Morgan fingerprint density at radius 2 is 2.31 bits per heavy atom. The number of hydrogen-bond donors (Lipinski definition) is 2. The third-order valence-electron chi connectivity index (χ3n) is 1.63. The van der Waals surface area contributed by atoms with E-state index < -0.39 is 11.9 Å². The highest BCUT2D eigenvalue weighted by atomic mass is 19.3. The monoisotopic (exact) mass is 189 g/mol. The smallest absolute Gasteiger partial charge is 0.335 e. The average Bonchev–Trinajstić information content (AvgIpc) is 2.03. The summed E-state index contributed by atoms with van der Waals surface area (Å²) in [4.78, 5) is 10.4. The molecule has 1 heterocycles. The first-order valence-corrected chi connectivity index (χ1v) is 3.68. The van der Waals surface area contributed by atoms with E-state index in [4.69, 9.17) is 5.11 Å². The number of allylic oxidation sites excluding steroid dienone is 1. The second-order valence-corrected chi connectivity index (χ2v) is 2.79. The molecule has 72 valence electrons. The Bertz CT molecular complexity index is 289. The van der Waals surface area contributed by atoms with Crippen LogP contribution >= 0.6 is 0 Å². The first kappa shape index (κ1) is 9.70. The maximum atomic E-state index is 12.7. The summed E-state index contributed by atoms with van der Waals surface area (Å²) in [6, 6.07) is 0. The van der Waals surface area contributed by atoms with Crippen molar-refractivity contribution in [3.05, 3.63) is 23.4 Å². The second kappa shape index (κ2) is 3.16. The number of dihydropyridines is 1. The number of aliphatic carboxylic acids is 1. The third-order valence-corrected chi connectivity index (χ3v) is 1.63. The highest BCUT2D eigenvalue weighted by molar-refractivity contribution is 5.90. The molecule has 0 saturated carbocycles. The van der Waals surface area contributed by atoms with Crippen molar-refractivity contribution in [2.45, 2.75) is 12.8 Å². The lowest BCUT2D eigenvalue weighted by atomic mass is 10.1. The van der Waals surface area contributed by atoms with Crippen molar-refractivity contribution in [1.82, 2.24) is 5.32 Å². The Kier molecular flexibility index (Phi) is 2.36. The Morgan fingerprint density at radius 3 is 2.77 bits per heavy atom. The number of halogens is 2. The van der Waals surface area contributed by atoms with Crippen molar-refractivity contribution in [1.29, 1.82) is 0 Å². The van der Waals surface area contributed by atoms with Gasteiger partial charge in [0.05, 0.1) is 11.3 Å². The van der Waals surface area contributed by atoms with Gasteiger partial charge >= 0.3 is 5.97 Å². The lowest BCUT2D eigenvalue weighted by Crippen LogP contribution is -2.30. The minimum Gasteiger partial charge on any atom is -0.478 e. The van der Waals surface area contributed by atoms with Crippen LogP contribution in [0.25, 0.3) is 0 Å². The molecular formula is C8H9F2NO2. The summed E-state index contributed by atoms with van der Waals surface area (Å²) >= 11 is 0. The van der Waals surface area contributed by atoms with Crippen LogP contribution < -0.4 is 5.32 Å². The highest BCUT2D eigenvalue weighted by Gasteiger charge is 2.29. The van der Waals surface area contributed by atoms with Crippen LogP contribution in [0.1, 0.15) is 6.92 Å². The maximum Gasteiger partial charge on any atom is 0.335 e. The lowest BCUT2D eigenvalue weighted by Gasteiger charge is -2.19. The fourth-order valence-corrected chi connectivity index (χ4v) is 0.967. The molecule has 0 bridgehead atoms. The number of carboxylic acid groups (broad SMARTS) is 1. The van der Waals surface area contributed by atoms with Gasteiger partial charge in [0.1, 0.15) is 0 Å². The van der Waals surface area contributed by atoms with E-state index in [0.717, 1.165) is 13.0 Å². The molecule has 0 unspecified atom stereocenters. The summed E-state index contributed by atoms with van der Waals surface area (Å²) in [6.45, 7) is 0.841. The first-order valence-electron chi connectivity index (χ1n) is 3.68. The Labute approximate surface area is 73.7 Å². The van der Waals surface area contributed by atoms with Gasteiger partial charge in [0.25, 0.3) is 5.92 Å². The van der Waals surface area contributed by atoms with Crippen LogP contribution in [-0.4, -0.2) is 23.5 Å². The van der Waals surface area contributed by atoms with Crippen LogP contribution in [-0.2, 0) is 4.79 Å². The van der Waals surface area contributed by atoms with Gasteiger partial charge in [-0.05, 0) is 6.08 Å². The van der Waals surface area contributed by atoms with E-state index in [9.17, 15) is 13.6 Å². The van der Waals surface area contributed by atoms with Crippen LogP contribution in [0.4, 0.5) is 8.78 Å². The van der Waals surface area contributed by atoms with Gasteiger partial charge in [0.15, 0.2) is 0 Å². The minimum atomic E-state index is -3.02. The zero-order valence-corrected chi connectivity index (χ0v) is 6.97. The number of hydrogen-bond acceptors (Lipinski definition) is 2. The van der Waals surface area contributed by atoms with E-state index in [-0.39, 0.29) is 17.8 Å². The molecule has 2 N–H and O–H groups in total. The van der Waals surface area contributed by atoms with Crippen molar-refractivity contribution in [2.75, 3.05) is 6.54 Å². The van der Waals surface area contributed by atoms with Gasteiger partial charge in [-0.25, -0.2) is 13.6 Å². The Balaban J connectivity index is 2.91. The standard InChI is InChI=1S/C8H9F2NO2/c1-8(9,10)6-4-5(7(12)13)2-3-11-6/h2,4,11H,3H2,1H3,(H,12,13). The third kappa shape index (κ3) is 2.27. The summed E-state index contributed by atoms with van der Waals surface area (Å²) in [5.74, 6) is -4.21. The molecule has 0 radical (unpaired) electrons. The Morgan fingerprint density at radius 1 is 1.69 bits per heavy atom. The summed E-state index contributed by atoms with van der Waals surface area (Å²) in [5, 5.41) is 11.0. The first-order chi connectivity index (χ1) is 5.91. The van der Waals surface area contributed by atoms with Gasteiger partial charge in [-0.15, -0.1) is 0 Å². The van der Waals surface area contributed by atoms with Gasteiger partial charge < -0.3 is 10.4 Å². The molecule has 1 aliphatic rings. The Hall–Kier alpha value is -1.39. The molecule has 0 aromatic heterocycles. The molecule has 1 rings (SSSR count). The van der Waals surface area contributed by atoms with Gasteiger partial charge in [0.2, 0.25) is 0 Å². The van der Waals surface area contributed by atoms with E-state index in [1.165, 1.54) is 6.08 Å². The second-order valence-electron chi connectivity index (χ2n) is 2.79. The van der Waals surface area contributed by atoms with Crippen LogP contribution in [0.5, 0.6) is 0 Å². The summed E-state index contributed by atoms with van der Waals surface area (Å²) in [6.07, 6.45) is 2.30. The van der Waals surface area contributed by atoms with E-state index >= 15 is 0 Å². The van der Waals surface area contributed by atoms with Gasteiger partial charge in [-0.1, -0.05) is 6.08 Å². The lowest BCUT2D eigenvalue weighted by molar-refractivity contribution is -0.132. The van der Waals surface area contributed by atoms with Crippen LogP contribution in [0.3, 0.4) is 0 Å². The molecule has 0 amide bonds. The van der Waals surface area contributed by atoms with E-state index in [0.29, 0.717) is 0 Å².